The normalized spacial score (nSPS) is 9.10. The van der Waals surface area contributed by atoms with Crippen LogP contribution in [0.25, 0.3) is 66.5 Å². The quantitative estimate of drug-likeness (QED) is 0.0815. The lowest BCUT2D eigenvalue weighted by Gasteiger charge is -2.08. The van der Waals surface area contributed by atoms with Gasteiger partial charge in [0.25, 0.3) is 0 Å². The fraction of sp³-hybridized carbons (Fsp3) is 0.258. The van der Waals surface area contributed by atoms with Crippen molar-refractivity contribution in [3.05, 3.63) is 310 Å². The van der Waals surface area contributed by atoms with Crippen LogP contribution in [-0.2, 0) is 0 Å². The van der Waals surface area contributed by atoms with E-state index in [1.165, 1.54) is 27.8 Å². The van der Waals surface area contributed by atoms with Crippen LogP contribution in [0.1, 0.15) is 164 Å². The summed E-state index contributed by atoms with van der Waals surface area (Å²) in [5, 5.41) is 33.8. The SMILES string of the molecule is C.CC.CC.CC.CC.CC.CC.CC.CC.CC.COc1cc(Br)c2ccnn2c1.Cc1ccc(C)cc1.Cc1ccc(C)cc1.N.Oc1cc(Br)c2ccnn2c1.[2HH].[2HH].[2HH].[B]Oc1cc(-c2ccc(C)cc2)c2ccnn2c1.[B]Oc1cc(-c2ccc(N)cc2)c2ccnn2c1.[B]Oc1cc(-c2ccc(N)cc2)c2ccnn2c1.[B]Oc1cc(Br)c2ccnn2c1.[Cl][Al]([Cl])[Cl]. The molecule has 0 aliphatic rings. The van der Waals surface area contributed by atoms with Crippen molar-refractivity contribution in [2.24, 2.45) is 0 Å². The molecule has 8 N–H and O–H groups in total. The molecular formula is C97H134AlB4Br3Cl3N15O6. The first-order chi connectivity index (χ1) is 61.5. The molecule has 0 fully saturated rings. The molecule has 0 aliphatic carbocycles. The summed E-state index contributed by atoms with van der Waals surface area (Å²) in [6, 6.07) is 63.1. The lowest BCUT2D eigenvalue weighted by Crippen LogP contribution is -1.94. The third-order valence-corrected chi connectivity index (χ3v) is 17.7. The summed E-state index contributed by atoms with van der Waals surface area (Å²) in [5.74, 6) is 3.25. The van der Waals surface area contributed by atoms with Crippen molar-refractivity contribution in [3.63, 3.8) is 0 Å². The Morgan fingerprint density at radius 3 is 0.736 bits per heavy atom. The first kappa shape index (κ1) is 123. The molecule has 17 rings (SSSR count). The van der Waals surface area contributed by atoms with Gasteiger partial charge in [-0.15, -0.1) is 0 Å². The number of fused-ring (bicyclic) bond motifs is 6. The molecule has 0 bridgehead atoms. The molecule has 21 nitrogen and oxygen atoms in total. The summed E-state index contributed by atoms with van der Waals surface area (Å²) in [6.07, 6.45) is 20.7. The summed E-state index contributed by atoms with van der Waals surface area (Å²) in [5.41, 5.74) is 31.6. The summed E-state index contributed by atoms with van der Waals surface area (Å²) in [6.45, 7) is 46.5. The molecule has 17 aromatic rings. The summed E-state index contributed by atoms with van der Waals surface area (Å²) >= 11 is 8.38. The van der Waals surface area contributed by atoms with Gasteiger partial charge in [0, 0.05) is 45.8 Å². The van der Waals surface area contributed by atoms with E-state index < -0.39 is 11.4 Å². The maximum Gasteiger partial charge on any atom is 0.643 e. The average molecular weight is 2030 g/mol. The molecule has 0 saturated carbocycles. The maximum absolute atomic E-state index is 9.14. The first-order valence-corrected chi connectivity index (χ1v) is 49.4. The van der Waals surface area contributed by atoms with E-state index in [-0.39, 0.29) is 23.6 Å². The predicted octanol–water partition coefficient (Wildman–Crippen LogP) is 29.4. The van der Waals surface area contributed by atoms with Gasteiger partial charge in [0.2, 0.25) is 0 Å². The van der Waals surface area contributed by atoms with E-state index in [0.29, 0.717) is 23.0 Å². The molecule has 0 saturated heterocycles. The maximum atomic E-state index is 9.14. The number of benzene rings is 5. The van der Waals surface area contributed by atoms with Crippen LogP contribution in [0, 0.1) is 34.6 Å². The second kappa shape index (κ2) is 71.5. The standard InChI is InChI=1S/C14H11BN2O.2C13H10BN3O.C8H7BrN2O.2C8H10.C7H4BBrN2O.C7H5BrN2O.9C2H6.CH4.Al.3ClH.H3N.3H2/c1-10-2-4-11(5-3-10)13-8-12(18-15)9-17-14(13)6-7-16-17;2*14-18-11-7-12(9-1-3-10(15)4-2-9)13-5-6-16-17(13)8-11;1-12-6-4-7(9)8-2-3-10-11(8)5-6;2*1-7-3-5-8(2)6-4-7;8-12-5-3-6(9)7-1-2-10-11(7)4-5;8-6-3-5(11)4-10-7(6)1-2-9-10;9*1-2;;;;;;;;;/h2-9H,1H3;2*1-8H,15H2;2-5H,1H3;2*3-6H,1-2H3;1-4H;1-4,11H;9*1-2H3;1H4;;3*1H;1H3;3*1H/q;;;;;;;;;;;;;;;;;;+3;;;;;;;/p-3/i;;;;;;;;;;;;;;;;;;;;;;;3*1+1. The van der Waals surface area contributed by atoms with Gasteiger partial charge < -0.3 is 46.1 Å². The smallest absolute Gasteiger partial charge is 0.567 e. The van der Waals surface area contributed by atoms with Gasteiger partial charge in [-0.1, -0.05) is 257 Å². The van der Waals surface area contributed by atoms with E-state index in [1.807, 2.05) is 240 Å². The van der Waals surface area contributed by atoms with Gasteiger partial charge in [-0.2, -0.15) is 30.6 Å². The minimum absolute atomic E-state index is 0. The molecule has 129 heavy (non-hydrogen) atoms. The van der Waals surface area contributed by atoms with Crippen molar-refractivity contribution < 1.29 is 32.7 Å². The second-order valence-corrected chi connectivity index (χ2v) is 32.7. The number of halogens is 6. The highest BCUT2D eigenvalue weighted by Crippen LogP contribution is 2.33. The molecule has 0 spiro atoms. The van der Waals surface area contributed by atoms with Gasteiger partial charge in [0.1, 0.15) is 34.5 Å². The number of aromatic hydroxyl groups is 1. The summed E-state index contributed by atoms with van der Waals surface area (Å²) < 4.78 is 37.1. The molecule has 8 radical (unpaired) electrons. The van der Waals surface area contributed by atoms with E-state index in [2.05, 4.69) is 190 Å². The largest absolute Gasteiger partial charge is 0.643 e. The van der Waals surface area contributed by atoms with Gasteiger partial charge >= 0.3 is 43.6 Å². The van der Waals surface area contributed by atoms with Gasteiger partial charge in [-0.05, 0) is 196 Å². The highest BCUT2D eigenvalue weighted by Gasteiger charge is 2.12. The van der Waals surface area contributed by atoms with E-state index >= 15 is 0 Å². The molecule has 12 aromatic heterocycles. The third-order valence-electron chi connectivity index (χ3n) is 15.8. The Labute approximate surface area is 818 Å². The molecule has 0 atom stereocenters. The number of hydrogen-bond donors (Lipinski definition) is 4. The van der Waals surface area contributed by atoms with Crippen molar-refractivity contribution in [2.75, 3.05) is 18.6 Å². The topological polar surface area (TPSA) is 257 Å². The fourth-order valence-corrected chi connectivity index (χ4v) is 11.9. The molecular weight excluding hydrogens is 1890 g/mol. The number of rotatable bonds is 8. The van der Waals surface area contributed by atoms with Gasteiger partial charge in [0.15, 0.2) is 0 Å². The number of hydrogen-bond acceptors (Lipinski definition) is 15. The lowest BCUT2D eigenvalue weighted by molar-refractivity contribution is 0.411. The Bertz CT molecular complexity index is 5300. The summed E-state index contributed by atoms with van der Waals surface area (Å²) in [7, 11) is 37.2. The van der Waals surface area contributed by atoms with Gasteiger partial charge in [-0.25, -0.2) is 57.2 Å². The molecule has 0 aliphatic heterocycles. The first-order valence-electron chi connectivity index (χ1n) is 41.8. The molecule has 5 aromatic carbocycles. The number of nitrogens with two attached hydrogens (primary N) is 2. The van der Waals surface area contributed by atoms with E-state index in [9.17, 15) is 0 Å². The number of anilines is 2. The van der Waals surface area contributed by atoms with Gasteiger partial charge in [0.05, 0.1) is 115 Å². The van der Waals surface area contributed by atoms with Crippen LogP contribution in [0.3, 0.4) is 0 Å². The fourth-order valence-electron chi connectivity index (χ4n) is 10.3. The van der Waals surface area contributed by atoms with E-state index in [4.69, 9.17) is 97.6 Å². The number of nitrogens with zero attached hydrogens (tertiary/aromatic N) is 12. The van der Waals surface area contributed by atoms with Crippen LogP contribution in [0.4, 0.5) is 11.4 Å². The molecule has 0 unspecified atom stereocenters. The number of aryl methyl sites for hydroxylation is 5. The van der Waals surface area contributed by atoms with Crippen LogP contribution in [0.5, 0.6) is 34.5 Å². The predicted molar refractivity (Wildman–Crippen MR) is 573 cm³/mol. The van der Waals surface area contributed by atoms with Crippen LogP contribution < -0.4 is 41.0 Å². The minimum Gasteiger partial charge on any atom is -0.567 e. The molecule has 0 amide bonds. The van der Waals surface area contributed by atoms with E-state index in [0.717, 1.165) is 97.0 Å². The van der Waals surface area contributed by atoms with Crippen LogP contribution in [-0.4, -0.2) is 113 Å². The van der Waals surface area contributed by atoms with Crippen LogP contribution in [0.15, 0.2) is 282 Å². The minimum atomic E-state index is -1.72. The van der Waals surface area contributed by atoms with E-state index in [1.54, 1.807) is 115 Å². The van der Waals surface area contributed by atoms with Gasteiger partial charge in [-0.3, -0.25) is 0 Å². The monoisotopic (exact) mass is 2020 g/mol. The zero-order valence-corrected chi connectivity index (χ0v) is 86.5. The van der Waals surface area contributed by atoms with Crippen molar-refractivity contribution in [2.45, 2.75) is 167 Å². The summed E-state index contributed by atoms with van der Waals surface area (Å²) in [4.78, 5) is 0. The zero-order chi connectivity index (χ0) is 96.1. The Balaban J connectivity index is -0.000000335. The molecule has 690 valence electrons. The second-order valence-electron chi connectivity index (χ2n) is 23.7. The average Bonchev–Trinajstić information content (AvgIpc) is 1.61. The number of pyridine rings is 6. The Morgan fingerprint density at radius 1 is 0.310 bits per heavy atom. The van der Waals surface area contributed by atoms with Crippen LogP contribution >= 0.6 is 77.9 Å². The Kier molecular flexibility index (Phi) is 68.1. The van der Waals surface area contributed by atoms with Crippen molar-refractivity contribution in [1.29, 1.82) is 0 Å². The third kappa shape index (κ3) is 42.0. The highest BCUT2D eigenvalue weighted by atomic mass is 79.9. The van der Waals surface area contributed by atoms with Crippen LogP contribution in [0.2, 0.25) is 0 Å². The Morgan fingerprint density at radius 2 is 0.496 bits per heavy atom. The number of methoxy groups -OCH3 is 1. The van der Waals surface area contributed by atoms with Crippen molar-refractivity contribution in [1.82, 2.24) is 63.8 Å². The zero-order valence-electron chi connectivity index (χ0n) is 78.3. The highest BCUT2D eigenvalue weighted by molar-refractivity contribution is 9.11. The number of aromatic nitrogens is 12. The number of ether oxygens (including phenoxy) is 1. The molecule has 12 heterocycles. The Hall–Kier alpha value is -10.3. The van der Waals surface area contributed by atoms with Crippen molar-refractivity contribution >= 4 is 166 Å². The molecule has 32 heteroatoms. The lowest BCUT2D eigenvalue weighted by atomic mass is 10.0. The van der Waals surface area contributed by atoms with Crippen molar-refractivity contribution in [3.8, 4) is 67.9 Å². The number of nitrogen functional groups attached to an aromatic ring is 2.